The van der Waals surface area contributed by atoms with Crippen LogP contribution in [0.5, 0.6) is 0 Å². The zero-order chi connectivity index (χ0) is 11.4. The molecule has 16 heavy (non-hydrogen) atoms. The van der Waals surface area contributed by atoms with Gasteiger partial charge in [0.2, 0.25) is 5.91 Å². The summed E-state index contributed by atoms with van der Waals surface area (Å²) in [6.45, 7) is 5.56. The van der Waals surface area contributed by atoms with Gasteiger partial charge in [0.05, 0.1) is 0 Å². The largest absolute Gasteiger partial charge is 0.342 e. The van der Waals surface area contributed by atoms with E-state index in [0.717, 1.165) is 19.5 Å². The molecule has 1 atom stereocenters. The van der Waals surface area contributed by atoms with E-state index in [9.17, 15) is 4.79 Å². The van der Waals surface area contributed by atoms with E-state index in [1.807, 2.05) is 4.90 Å². The molecule has 0 radical (unpaired) electrons. The number of thiol groups is 1. The van der Waals surface area contributed by atoms with Gasteiger partial charge in [-0.2, -0.15) is 12.6 Å². The average Bonchev–Trinajstić information content (AvgIpc) is 2.84. The lowest BCUT2D eigenvalue weighted by Gasteiger charge is -2.18. The Morgan fingerprint density at radius 3 is 2.50 bits per heavy atom. The molecule has 0 bridgehead atoms. The van der Waals surface area contributed by atoms with Crippen LogP contribution in [0.1, 0.15) is 32.1 Å². The zero-order valence-corrected chi connectivity index (χ0v) is 10.8. The third-order valence-electron chi connectivity index (χ3n) is 3.55. The number of amides is 1. The molecule has 0 aromatic rings. The van der Waals surface area contributed by atoms with Gasteiger partial charge < -0.3 is 9.80 Å². The van der Waals surface area contributed by atoms with Crippen LogP contribution < -0.4 is 0 Å². The van der Waals surface area contributed by atoms with Crippen molar-refractivity contribution in [2.24, 2.45) is 0 Å². The predicted octanol–water partition coefficient (Wildman–Crippen LogP) is 1.39. The number of nitrogens with zero attached hydrogens (tertiary/aromatic N) is 2. The first-order valence-corrected chi connectivity index (χ1v) is 6.95. The van der Waals surface area contributed by atoms with Crippen LogP contribution >= 0.6 is 12.6 Å². The van der Waals surface area contributed by atoms with Crippen LogP contribution in [0.3, 0.4) is 0 Å². The molecule has 4 heteroatoms. The molecule has 1 amide bonds. The Bertz CT molecular complexity index is 241. The second-order valence-corrected chi connectivity index (χ2v) is 5.68. The van der Waals surface area contributed by atoms with E-state index in [4.69, 9.17) is 0 Å². The molecular weight excluding hydrogens is 220 g/mol. The lowest BCUT2D eigenvalue weighted by molar-refractivity contribution is -0.127. The first kappa shape index (κ1) is 12.2. The number of carbonyl (C=O) groups excluding carboxylic acids is 1. The fourth-order valence-electron chi connectivity index (χ4n) is 2.61. The fourth-order valence-corrected chi connectivity index (χ4v) is 2.97. The lowest BCUT2D eigenvalue weighted by Crippen LogP contribution is -2.27. The molecule has 3 nitrogen and oxygen atoms in total. The topological polar surface area (TPSA) is 23.6 Å². The monoisotopic (exact) mass is 242 g/mol. The van der Waals surface area contributed by atoms with Crippen LogP contribution in [0.2, 0.25) is 0 Å². The highest BCUT2D eigenvalue weighted by molar-refractivity contribution is 7.81. The summed E-state index contributed by atoms with van der Waals surface area (Å²) in [7, 11) is 0. The molecule has 2 fully saturated rings. The molecule has 0 aromatic carbocycles. The van der Waals surface area contributed by atoms with E-state index < -0.39 is 0 Å². The second kappa shape index (κ2) is 5.92. The van der Waals surface area contributed by atoms with Gasteiger partial charge >= 0.3 is 0 Å². The number of rotatable bonds is 5. The van der Waals surface area contributed by atoms with E-state index in [-0.39, 0.29) is 5.25 Å². The fraction of sp³-hybridized carbons (Fsp3) is 0.917. The number of hydrogen-bond donors (Lipinski definition) is 1. The summed E-state index contributed by atoms with van der Waals surface area (Å²) in [5.41, 5.74) is 0. The predicted molar refractivity (Wildman–Crippen MR) is 68.9 cm³/mol. The maximum atomic E-state index is 11.5. The van der Waals surface area contributed by atoms with E-state index >= 15 is 0 Å². The highest BCUT2D eigenvalue weighted by Gasteiger charge is 2.26. The molecule has 0 aromatic heterocycles. The van der Waals surface area contributed by atoms with Gasteiger partial charge in [-0.15, -0.1) is 0 Å². The summed E-state index contributed by atoms with van der Waals surface area (Å²) >= 11 is 4.36. The minimum atomic E-state index is 0.270. The summed E-state index contributed by atoms with van der Waals surface area (Å²) in [5, 5.41) is 0.270. The third-order valence-corrected chi connectivity index (χ3v) is 3.89. The minimum Gasteiger partial charge on any atom is -0.342 e. The van der Waals surface area contributed by atoms with Crippen LogP contribution in [0.4, 0.5) is 0 Å². The van der Waals surface area contributed by atoms with Crippen molar-refractivity contribution in [2.75, 3.05) is 32.7 Å². The Balaban J connectivity index is 1.55. The van der Waals surface area contributed by atoms with E-state index in [0.29, 0.717) is 12.3 Å². The quantitative estimate of drug-likeness (QED) is 0.582. The molecule has 0 saturated carbocycles. The lowest BCUT2D eigenvalue weighted by atomic mass is 10.3. The molecule has 1 unspecified atom stereocenters. The van der Waals surface area contributed by atoms with Crippen molar-refractivity contribution < 1.29 is 4.79 Å². The zero-order valence-electron chi connectivity index (χ0n) is 9.90. The molecule has 2 saturated heterocycles. The molecule has 0 N–H and O–H groups in total. The van der Waals surface area contributed by atoms with Crippen LogP contribution in [-0.4, -0.2) is 53.7 Å². The van der Waals surface area contributed by atoms with Gasteiger partial charge in [0.1, 0.15) is 0 Å². The number of unbranched alkanes of at least 4 members (excludes halogenated alkanes) is 1. The van der Waals surface area contributed by atoms with Gasteiger partial charge in [0.15, 0.2) is 0 Å². The van der Waals surface area contributed by atoms with Gasteiger partial charge in [-0.25, -0.2) is 0 Å². The van der Waals surface area contributed by atoms with Crippen LogP contribution in [-0.2, 0) is 4.79 Å². The highest BCUT2D eigenvalue weighted by Crippen LogP contribution is 2.16. The average molecular weight is 242 g/mol. The standard InChI is InChI=1S/C12H22N2OS/c15-12-9-11(16)10-14(12)8-4-3-7-13-5-1-2-6-13/h11,16H,1-10H2. The summed E-state index contributed by atoms with van der Waals surface area (Å²) < 4.78 is 0. The molecule has 2 rings (SSSR count). The van der Waals surface area contributed by atoms with E-state index in [1.54, 1.807) is 0 Å². The van der Waals surface area contributed by atoms with Crippen LogP contribution in [0.25, 0.3) is 0 Å². The maximum Gasteiger partial charge on any atom is 0.223 e. The SMILES string of the molecule is O=C1CC(S)CN1CCCCN1CCCC1. The Hall–Kier alpha value is -0.220. The van der Waals surface area contributed by atoms with Crippen molar-refractivity contribution >= 4 is 18.5 Å². The molecule has 0 spiro atoms. The first-order chi connectivity index (χ1) is 7.75. The smallest absolute Gasteiger partial charge is 0.223 e. The summed E-state index contributed by atoms with van der Waals surface area (Å²) in [5.74, 6) is 0.293. The molecule has 2 aliphatic heterocycles. The Labute approximate surface area is 104 Å². The maximum absolute atomic E-state index is 11.5. The number of hydrogen-bond acceptors (Lipinski definition) is 3. The van der Waals surface area contributed by atoms with E-state index in [1.165, 1.54) is 38.9 Å². The van der Waals surface area contributed by atoms with Crippen LogP contribution in [0, 0.1) is 0 Å². The van der Waals surface area contributed by atoms with Gasteiger partial charge in [-0.05, 0) is 45.3 Å². The Morgan fingerprint density at radius 2 is 1.88 bits per heavy atom. The van der Waals surface area contributed by atoms with Gasteiger partial charge in [-0.1, -0.05) is 0 Å². The number of likely N-dealkylation sites (tertiary alicyclic amines) is 2. The number of carbonyl (C=O) groups is 1. The first-order valence-electron chi connectivity index (χ1n) is 6.44. The third kappa shape index (κ3) is 3.39. The van der Waals surface area contributed by atoms with Gasteiger partial charge in [0, 0.05) is 24.8 Å². The normalized spacial score (nSPS) is 26.9. The Kier molecular flexibility index (Phi) is 4.53. The molecule has 0 aliphatic carbocycles. The van der Waals surface area contributed by atoms with E-state index in [2.05, 4.69) is 17.5 Å². The van der Waals surface area contributed by atoms with Crippen molar-refractivity contribution in [2.45, 2.75) is 37.4 Å². The van der Waals surface area contributed by atoms with Crippen molar-refractivity contribution in [3.05, 3.63) is 0 Å². The molecule has 92 valence electrons. The van der Waals surface area contributed by atoms with Crippen molar-refractivity contribution in [1.82, 2.24) is 9.80 Å². The van der Waals surface area contributed by atoms with Crippen LogP contribution in [0.15, 0.2) is 0 Å². The van der Waals surface area contributed by atoms with Gasteiger partial charge in [0.25, 0.3) is 0 Å². The highest BCUT2D eigenvalue weighted by atomic mass is 32.1. The summed E-state index contributed by atoms with van der Waals surface area (Å²) in [6, 6.07) is 0. The van der Waals surface area contributed by atoms with Crippen molar-refractivity contribution in [3.63, 3.8) is 0 Å². The summed E-state index contributed by atoms with van der Waals surface area (Å²) in [6.07, 6.45) is 5.73. The second-order valence-electron chi connectivity index (χ2n) is 4.95. The molecular formula is C12H22N2OS. The Morgan fingerprint density at radius 1 is 1.19 bits per heavy atom. The van der Waals surface area contributed by atoms with Crippen molar-refractivity contribution in [1.29, 1.82) is 0 Å². The summed E-state index contributed by atoms with van der Waals surface area (Å²) in [4.78, 5) is 16.0. The van der Waals surface area contributed by atoms with Gasteiger partial charge in [-0.3, -0.25) is 4.79 Å². The molecule has 2 heterocycles. The minimum absolute atomic E-state index is 0.270. The molecule has 2 aliphatic rings. The van der Waals surface area contributed by atoms with Crippen molar-refractivity contribution in [3.8, 4) is 0 Å².